The Kier molecular flexibility index (Phi) is 9.76. The topological polar surface area (TPSA) is 63.3 Å². The Morgan fingerprint density at radius 2 is 2.20 bits per heavy atom. The maximum atomic E-state index is 9.95. The highest BCUT2D eigenvalue weighted by molar-refractivity contribution is 9.09. The Morgan fingerprint density at radius 3 is 2.50 bits per heavy atom. The van der Waals surface area contributed by atoms with Gasteiger partial charge in [-0.25, -0.2) is 0 Å². The highest BCUT2D eigenvalue weighted by Crippen LogP contribution is 1.96. The van der Waals surface area contributed by atoms with Crippen molar-refractivity contribution in [2.24, 2.45) is 5.73 Å². The molecule has 1 atom stereocenters. The van der Waals surface area contributed by atoms with Crippen LogP contribution in [0.25, 0.3) is 0 Å². The molecular formula is C5H11Br2NO2. The highest BCUT2D eigenvalue weighted by atomic mass is 79.9. The van der Waals surface area contributed by atoms with E-state index in [4.69, 9.17) is 10.8 Å². The van der Waals surface area contributed by atoms with Crippen molar-refractivity contribution >= 4 is 38.9 Å². The van der Waals surface area contributed by atoms with Crippen molar-refractivity contribution in [2.75, 3.05) is 5.33 Å². The second kappa shape index (κ2) is 7.50. The molecule has 0 spiro atoms. The van der Waals surface area contributed by atoms with Gasteiger partial charge in [0.1, 0.15) is 0 Å². The van der Waals surface area contributed by atoms with Gasteiger partial charge >= 0.3 is 5.97 Å². The number of aliphatic carboxylic acids is 1. The molecule has 10 heavy (non-hydrogen) atoms. The number of halogens is 2. The second-order valence-corrected chi connectivity index (χ2v) is 2.49. The predicted molar refractivity (Wildman–Crippen MR) is 49.0 cm³/mol. The zero-order chi connectivity index (χ0) is 7.28. The van der Waals surface area contributed by atoms with Gasteiger partial charge in [-0.05, 0) is 6.42 Å². The lowest BCUT2D eigenvalue weighted by Crippen LogP contribution is -2.22. The zero-order valence-corrected chi connectivity index (χ0v) is 8.72. The number of carboxylic acids is 1. The van der Waals surface area contributed by atoms with E-state index < -0.39 is 5.97 Å². The predicted octanol–water partition coefficient (Wildman–Crippen LogP) is 1.15. The van der Waals surface area contributed by atoms with Crippen LogP contribution in [-0.4, -0.2) is 22.4 Å². The molecule has 0 saturated heterocycles. The van der Waals surface area contributed by atoms with Gasteiger partial charge in [0.05, 0.1) is 0 Å². The molecule has 0 fully saturated rings. The fourth-order valence-electron chi connectivity index (χ4n) is 0.386. The summed E-state index contributed by atoms with van der Waals surface area (Å²) in [5.74, 6) is -0.786. The molecule has 0 aromatic rings. The van der Waals surface area contributed by atoms with Crippen molar-refractivity contribution < 1.29 is 9.90 Å². The minimum atomic E-state index is -0.786. The molecule has 0 rings (SSSR count). The third-order valence-corrected chi connectivity index (χ3v) is 1.76. The van der Waals surface area contributed by atoms with Gasteiger partial charge in [-0.2, -0.15) is 0 Å². The summed E-state index contributed by atoms with van der Waals surface area (Å²) >= 11 is 3.15. The number of nitrogens with two attached hydrogens (primary N) is 1. The smallest absolute Gasteiger partial charge is 0.303 e. The molecule has 0 aromatic heterocycles. The van der Waals surface area contributed by atoms with Gasteiger partial charge in [0.25, 0.3) is 0 Å². The highest BCUT2D eigenvalue weighted by Gasteiger charge is 2.02. The number of hydrogen-bond acceptors (Lipinski definition) is 2. The molecule has 62 valence electrons. The van der Waals surface area contributed by atoms with Crippen molar-refractivity contribution in [1.29, 1.82) is 0 Å². The van der Waals surface area contributed by atoms with Crippen LogP contribution in [0.1, 0.15) is 12.8 Å². The number of carboxylic acid groups (broad SMARTS) is 1. The van der Waals surface area contributed by atoms with E-state index in [-0.39, 0.29) is 29.4 Å². The van der Waals surface area contributed by atoms with Crippen LogP contribution in [0.3, 0.4) is 0 Å². The van der Waals surface area contributed by atoms with Crippen LogP contribution < -0.4 is 5.73 Å². The molecule has 0 unspecified atom stereocenters. The van der Waals surface area contributed by atoms with Crippen molar-refractivity contribution in [3.8, 4) is 0 Å². The molecule has 3 N–H and O–H groups in total. The molecule has 0 saturated carbocycles. The monoisotopic (exact) mass is 275 g/mol. The number of hydrogen-bond donors (Lipinski definition) is 2. The first-order valence-electron chi connectivity index (χ1n) is 2.70. The Labute approximate surface area is 78.9 Å². The summed E-state index contributed by atoms with van der Waals surface area (Å²) in [7, 11) is 0. The third kappa shape index (κ3) is 8.39. The van der Waals surface area contributed by atoms with Crippen molar-refractivity contribution in [3.05, 3.63) is 0 Å². The summed E-state index contributed by atoms with van der Waals surface area (Å²) in [4.78, 5) is 9.95. The van der Waals surface area contributed by atoms with Crippen LogP contribution in [0.4, 0.5) is 0 Å². The number of alkyl halides is 1. The van der Waals surface area contributed by atoms with E-state index in [1.54, 1.807) is 0 Å². The lowest BCUT2D eigenvalue weighted by molar-refractivity contribution is -0.137. The maximum Gasteiger partial charge on any atom is 0.303 e. The van der Waals surface area contributed by atoms with Crippen LogP contribution in [0, 0.1) is 0 Å². The summed E-state index contributed by atoms with van der Waals surface area (Å²) in [5.41, 5.74) is 5.41. The molecule has 0 bridgehead atoms. The SMILES string of the molecule is Br.N[C@H](CBr)CCC(=O)O. The lowest BCUT2D eigenvalue weighted by Gasteiger charge is -2.02. The van der Waals surface area contributed by atoms with E-state index in [0.717, 1.165) is 0 Å². The standard InChI is InChI=1S/C5H10BrNO2.BrH/c6-3-4(7)1-2-5(8)9;/h4H,1-3,7H2,(H,8,9);1H/t4-;/m0./s1. The number of rotatable bonds is 4. The van der Waals surface area contributed by atoms with E-state index in [1.165, 1.54) is 0 Å². The normalized spacial score (nSPS) is 11.8. The van der Waals surface area contributed by atoms with Crippen molar-refractivity contribution in [2.45, 2.75) is 18.9 Å². The van der Waals surface area contributed by atoms with Gasteiger partial charge in [-0.15, -0.1) is 17.0 Å². The Hall–Kier alpha value is 0.390. The van der Waals surface area contributed by atoms with Crippen molar-refractivity contribution in [1.82, 2.24) is 0 Å². The molecule has 0 aliphatic rings. The third-order valence-electron chi connectivity index (χ3n) is 0.927. The number of carbonyl (C=O) groups is 1. The van der Waals surface area contributed by atoms with Crippen LogP contribution in [0.5, 0.6) is 0 Å². The van der Waals surface area contributed by atoms with E-state index >= 15 is 0 Å². The van der Waals surface area contributed by atoms with E-state index in [2.05, 4.69) is 15.9 Å². The van der Waals surface area contributed by atoms with E-state index in [1.807, 2.05) is 0 Å². The van der Waals surface area contributed by atoms with E-state index in [0.29, 0.717) is 11.8 Å². The molecule has 0 radical (unpaired) electrons. The average molecular weight is 277 g/mol. The summed E-state index contributed by atoms with van der Waals surface area (Å²) in [6.07, 6.45) is 0.702. The minimum Gasteiger partial charge on any atom is -0.481 e. The van der Waals surface area contributed by atoms with Crippen LogP contribution in [-0.2, 0) is 4.79 Å². The molecule has 5 heteroatoms. The Morgan fingerprint density at radius 1 is 1.70 bits per heavy atom. The average Bonchev–Trinajstić information content (AvgIpc) is 1.83. The first kappa shape index (κ1) is 13.0. The van der Waals surface area contributed by atoms with Crippen LogP contribution in [0.15, 0.2) is 0 Å². The van der Waals surface area contributed by atoms with Crippen molar-refractivity contribution in [3.63, 3.8) is 0 Å². The summed E-state index contributed by atoms with van der Waals surface area (Å²) in [6, 6.07) is -0.0268. The quantitative estimate of drug-likeness (QED) is 0.758. The first-order valence-corrected chi connectivity index (χ1v) is 3.82. The minimum absolute atomic E-state index is 0. The van der Waals surface area contributed by atoms with Gasteiger partial charge in [0.2, 0.25) is 0 Å². The fraction of sp³-hybridized carbons (Fsp3) is 0.800. The zero-order valence-electron chi connectivity index (χ0n) is 5.42. The van der Waals surface area contributed by atoms with Gasteiger partial charge in [-0.3, -0.25) is 4.79 Å². The fourth-order valence-corrected chi connectivity index (χ4v) is 0.710. The summed E-state index contributed by atoms with van der Waals surface area (Å²) in [5, 5.41) is 8.85. The molecule has 0 aliphatic heterocycles. The summed E-state index contributed by atoms with van der Waals surface area (Å²) < 4.78 is 0. The van der Waals surface area contributed by atoms with Crippen LogP contribution in [0.2, 0.25) is 0 Å². The van der Waals surface area contributed by atoms with Gasteiger partial charge in [0.15, 0.2) is 0 Å². The summed E-state index contributed by atoms with van der Waals surface area (Å²) in [6.45, 7) is 0. The molecule has 0 aliphatic carbocycles. The van der Waals surface area contributed by atoms with Gasteiger partial charge < -0.3 is 10.8 Å². The molecule has 0 heterocycles. The maximum absolute atomic E-state index is 9.95. The van der Waals surface area contributed by atoms with E-state index in [9.17, 15) is 4.79 Å². The van der Waals surface area contributed by atoms with Crippen LogP contribution >= 0.6 is 32.9 Å². The second-order valence-electron chi connectivity index (χ2n) is 1.85. The molecule has 3 nitrogen and oxygen atoms in total. The molecule has 0 aromatic carbocycles. The first-order chi connectivity index (χ1) is 4.16. The molecule has 0 amide bonds. The largest absolute Gasteiger partial charge is 0.481 e. The lowest BCUT2D eigenvalue weighted by atomic mass is 10.2. The Balaban J connectivity index is 0. The molecular weight excluding hydrogens is 266 g/mol. The van der Waals surface area contributed by atoms with Gasteiger partial charge in [-0.1, -0.05) is 15.9 Å². The van der Waals surface area contributed by atoms with Gasteiger partial charge in [0, 0.05) is 17.8 Å². The Bertz CT molecular complexity index is 99.6.